The Bertz CT molecular complexity index is 211. The van der Waals surface area contributed by atoms with Gasteiger partial charge in [0.2, 0.25) is 0 Å². The molecule has 0 nitrogen and oxygen atoms in total. The first-order chi connectivity index (χ1) is 5.08. The van der Waals surface area contributed by atoms with E-state index in [1.54, 1.807) is 0 Å². The van der Waals surface area contributed by atoms with Crippen molar-refractivity contribution in [2.24, 2.45) is 0 Å². The predicted octanol–water partition coefficient (Wildman–Crippen LogP) is 2.80. The topological polar surface area (TPSA) is 0 Å². The van der Waals surface area contributed by atoms with Crippen molar-refractivity contribution in [3.63, 3.8) is 0 Å². The fourth-order valence-corrected chi connectivity index (χ4v) is 1.35. The molecule has 1 aromatic carbocycles. The van der Waals surface area contributed by atoms with E-state index in [4.69, 9.17) is 0 Å². The second kappa shape index (κ2) is 3.55. The third kappa shape index (κ3) is 3.73. The lowest BCUT2D eigenvalue weighted by Crippen LogP contribution is -2.10. The summed E-state index contributed by atoms with van der Waals surface area (Å²) in [6.45, 7) is 1.99. The van der Waals surface area contributed by atoms with Crippen LogP contribution in [0.4, 0.5) is 0 Å². The third-order valence-corrected chi connectivity index (χ3v) is 1.70. The van der Waals surface area contributed by atoms with Crippen molar-refractivity contribution < 1.29 is 0 Å². The van der Waals surface area contributed by atoms with E-state index in [1.807, 2.05) is 25.1 Å². The van der Waals surface area contributed by atoms with E-state index < -0.39 is 0 Å². The number of rotatable bonds is 2. The van der Waals surface area contributed by atoms with Gasteiger partial charge in [-0.25, -0.2) is 0 Å². The minimum atomic E-state index is -0.207. The fourth-order valence-electron chi connectivity index (χ4n) is 0.983. The summed E-state index contributed by atoms with van der Waals surface area (Å²) in [7, 11) is 0. The van der Waals surface area contributed by atoms with Crippen molar-refractivity contribution in [3.05, 3.63) is 35.9 Å². The first kappa shape index (κ1) is 9.01. The molecule has 60 valence electrons. The molecule has 11 heavy (non-hydrogen) atoms. The maximum Gasteiger partial charge on any atom is 0.0564 e. The van der Waals surface area contributed by atoms with Crippen molar-refractivity contribution in [2.75, 3.05) is 0 Å². The molecule has 0 radical (unpaired) electrons. The summed E-state index contributed by atoms with van der Waals surface area (Å²) < 4.78 is -0.207. The molecule has 2 heteroatoms. The molecule has 0 N–H and O–H groups in total. The summed E-state index contributed by atoms with van der Waals surface area (Å²) in [4.78, 5) is 0. The number of benzene rings is 1. The van der Waals surface area contributed by atoms with Gasteiger partial charge in [0.25, 0.3) is 0 Å². The van der Waals surface area contributed by atoms with Gasteiger partial charge in [0.1, 0.15) is 0 Å². The van der Waals surface area contributed by atoms with Crippen molar-refractivity contribution in [3.8, 4) is 0 Å². The molecule has 1 rings (SSSR count). The van der Waals surface area contributed by atoms with Crippen molar-refractivity contribution in [1.29, 1.82) is 0 Å². The molecule has 1 aromatic rings. The molecule has 0 aliphatic heterocycles. The van der Waals surface area contributed by atoms with Crippen LogP contribution in [-0.2, 0) is 6.42 Å². The lowest BCUT2D eigenvalue weighted by Gasteiger charge is -2.15. The van der Waals surface area contributed by atoms with Crippen LogP contribution in [0.2, 0.25) is 0 Å². The van der Waals surface area contributed by atoms with Gasteiger partial charge in [-0.3, -0.25) is 0 Å². The first-order valence-electron chi connectivity index (χ1n) is 3.57. The summed E-state index contributed by atoms with van der Waals surface area (Å²) in [5.41, 5.74) is 1.28. The van der Waals surface area contributed by atoms with Crippen LogP contribution in [-0.4, -0.2) is 4.08 Å². The largest absolute Gasteiger partial charge is 0.162 e. The minimum Gasteiger partial charge on any atom is -0.162 e. The van der Waals surface area contributed by atoms with E-state index in [2.05, 4.69) is 37.4 Å². The molecule has 0 amide bonds. The van der Waals surface area contributed by atoms with Crippen LogP contribution in [0.3, 0.4) is 0 Å². The summed E-state index contributed by atoms with van der Waals surface area (Å²) in [5, 5.41) is 0. The number of thiol groups is 2. The zero-order valence-electron chi connectivity index (χ0n) is 6.49. The standard InChI is InChI=1S/C9H12S2/c1-9(10,11)7-8-5-3-2-4-6-8/h2-6,10-11H,7H2,1H3. The maximum absolute atomic E-state index is 4.33. The van der Waals surface area contributed by atoms with E-state index >= 15 is 0 Å². The SMILES string of the molecule is CC(S)(S)Cc1ccccc1. The molecular weight excluding hydrogens is 172 g/mol. The van der Waals surface area contributed by atoms with E-state index in [0.29, 0.717) is 0 Å². The summed E-state index contributed by atoms with van der Waals surface area (Å²) >= 11 is 8.66. The van der Waals surface area contributed by atoms with Gasteiger partial charge < -0.3 is 0 Å². The average Bonchev–Trinajstić information content (AvgIpc) is 1.85. The Hall–Kier alpha value is -0.0800. The van der Waals surface area contributed by atoms with Gasteiger partial charge >= 0.3 is 0 Å². The summed E-state index contributed by atoms with van der Waals surface area (Å²) in [6.07, 6.45) is 0.889. The van der Waals surface area contributed by atoms with Crippen molar-refractivity contribution in [1.82, 2.24) is 0 Å². The lowest BCUT2D eigenvalue weighted by molar-refractivity contribution is 0.895. The van der Waals surface area contributed by atoms with Gasteiger partial charge in [0, 0.05) is 0 Å². The molecule has 0 unspecified atom stereocenters. The summed E-state index contributed by atoms with van der Waals surface area (Å²) in [6, 6.07) is 10.2. The molecule has 0 aliphatic carbocycles. The van der Waals surface area contributed by atoms with Crippen molar-refractivity contribution in [2.45, 2.75) is 17.4 Å². The van der Waals surface area contributed by atoms with Gasteiger partial charge in [-0.05, 0) is 18.9 Å². The van der Waals surface area contributed by atoms with Crippen LogP contribution < -0.4 is 0 Å². The molecule has 0 bridgehead atoms. The number of hydrogen-bond acceptors (Lipinski definition) is 2. The Labute approximate surface area is 78.8 Å². The molecule has 0 saturated heterocycles. The molecule has 0 aliphatic rings. The first-order valence-corrected chi connectivity index (χ1v) is 4.46. The van der Waals surface area contributed by atoms with Gasteiger partial charge in [0.15, 0.2) is 0 Å². The highest BCUT2D eigenvalue weighted by atomic mass is 32.2. The maximum atomic E-state index is 4.33. The third-order valence-electron chi connectivity index (χ3n) is 1.38. The number of hydrogen-bond donors (Lipinski definition) is 2. The average molecular weight is 184 g/mol. The summed E-state index contributed by atoms with van der Waals surface area (Å²) in [5.74, 6) is 0. The van der Waals surface area contributed by atoms with Crippen LogP contribution >= 0.6 is 25.3 Å². The Morgan fingerprint density at radius 2 is 1.73 bits per heavy atom. The normalized spacial score (nSPS) is 11.5. The van der Waals surface area contributed by atoms with Crippen molar-refractivity contribution >= 4 is 25.3 Å². The van der Waals surface area contributed by atoms with Crippen LogP contribution in [0.1, 0.15) is 12.5 Å². The Morgan fingerprint density at radius 1 is 1.18 bits per heavy atom. The highest BCUT2D eigenvalue weighted by Gasteiger charge is 2.12. The second-order valence-electron chi connectivity index (χ2n) is 2.88. The zero-order valence-corrected chi connectivity index (χ0v) is 8.28. The van der Waals surface area contributed by atoms with E-state index in [0.717, 1.165) is 6.42 Å². The quantitative estimate of drug-likeness (QED) is 0.512. The van der Waals surface area contributed by atoms with Crippen LogP contribution in [0.25, 0.3) is 0 Å². The molecule has 0 spiro atoms. The molecule has 0 heterocycles. The molecule has 0 atom stereocenters. The zero-order chi connectivity index (χ0) is 8.32. The second-order valence-corrected chi connectivity index (χ2v) is 5.21. The van der Waals surface area contributed by atoms with E-state index in [-0.39, 0.29) is 4.08 Å². The molecule has 0 fully saturated rings. The van der Waals surface area contributed by atoms with Gasteiger partial charge in [0.05, 0.1) is 4.08 Å². The van der Waals surface area contributed by atoms with Gasteiger partial charge in [-0.2, -0.15) is 25.3 Å². The molecular formula is C9H12S2. The van der Waals surface area contributed by atoms with Gasteiger partial charge in [-0.15, -0.1) is 0 Å². The minimum absolute atomic E-state index is 0.207. The van der Waals surface area contributed by atoms with Crippen LogP contribution in [0.5, 0.6) is 0 Å². The molecule has 0 aromatic heterocycles. The Balaban J connectivity index is 2.66. The predicted molar refractivity (Wildman–Crippen MR) is 56.5 cm³/mol. The van der Waals surface area contributed by atoms with Gasteiger partial charge in [-0.1, -0.05) is 30.3 Å². The smallest absolute Gasteiger partial charge is 0.0564 e. The van der Waals surface area contributed by atoms with E-state index in [9.17, 15) is 0 Å². The Kier molecular flexibility index (Phi) is 2.90. The van der Waals surface area contributed by atoms with E-state index in [1.165, 1.54) is 5.56 Å². The Morgan fingerprint density at radius 3 is 2.18 bits per heavy atom. The fraction of sp³-hybridized carbons (Fsp3) is 0.333. The van der Waals surface area contributed by atoms with Crippen LogP contribution in [0.15, 0.2) is 30.3 Å². The lowest BCUT2D eigenvalue weighted by atomic mass is 10.1. The highest BCUT2D eigenvalue weighted by Crippen LogP contribution is 2.23. The highest BCUT2D eigenvalue weighted by molar-refractivity contribution is 8.00. The monoisotopic (exact) mass is 184 g/mol. The molecule has 0 saturated carbocycles. The van der Waals surface area contributed by atoms with Crippen LogP contribution in [0, 0.1) is 0 Å².